The zero-order valence-corrected chi connectivity index (χ0v) is 15.1. The number of nitrogens with zero attached hydrogens (tertiary/aromatic N) is 2. The normalized spacial score (nSPS) is 19.0. The Morgan fingerprint density at radius 1 is 1.32 bits per heavy atom. The third kappa shape index (κ3) is 4.48. The average Bonchev–Trinajstić information content (AvgIpc) is 3.18. The maximum Gasteiger partial charge on any atom is 0.233 e. The number of fused-ring (bicyclic) bond motifs is 1. The molecular formula is C20H28N4O. The van der Waals surface area contributed by atoms with Crippen LogP contribution in [-0.2, 0) is 11.2 Å². The Balaban J connectivity index is 1.44. The summed E-state index contributed by atoms with van der Waals surface area (Å²) < 4.78 is 1.91. The van der Waals surface area contributed by atoms with Gasteiger partial charge < -0.3 is 10.6 Å². The highest BCUT2D eigenvalue weighted by Gasteiger charge is 2.20. The molecule has 0 fully saturated rings. The van der Waals surface area contributed by atoms with Crippen LogP contribution in [0.5, 0.6) is 0 Å². The van der Waals surface area contributed by atoms with Gasteiger partial charge in [-0.25, -0.2) is 0 Å². The van der Waals surface area contributed by atoms with E-state index in [1.807, 2.05) is 16.9 Å². The Kier molecular flexibility index (Phi) is 5.87. The van der Waals surface area contributed by atoms with Crippen molar-refractivity contribution < 1.29 is 4.79 Å². The topological polar surface area (TPSA) is 59.0 Å². The predicted molar refractivity (Wildman–Crippen MR) is 99.5 cm³/mol. The van der Waals surface area contributed by atoms with Crippen molar-refractivity contribution in [1.29, 1.82) is 0 Å². The van der Waals surface area contributed by atoms with Crippen LogP contribution in [0.3, 0.4) is 0 Å². The third-order valence-electron chi connectivity index (χ3n) is 5.29. The average molecular weight is 340 g/mol. The first kappa shape index (κ1) is 17.7. The number of carbonyl (C=O) groups is 1. The predicted octanol–water partition coefficient (Wildman–Crippen LogP) is 2.66. The molecule has 5 heteroatoms. The monoisotopic (exact) mass is 340 g/mol. The summed E-state index contributed by atoms with van der Waals surface area (Å²) in [4.78, 5) is 12.2. The molecule has 134 valence electrons. The van der Waals surface area contributed by atoms with Crippen molar-refractivity contribution in [2.45, 2.75) is 51.1 Å². The first-order valence-corrected chi connectivity index (χ1v) is 9.22. The molecule has 1 heterocycles. The van der Waals surface area contributed by atoms with Gasteiger partial charge in [-0.05, 0) is 50.3 Å². The Morgan fingerprint density at radius 3 is 2.96 bits per heavy atom. The van der Waals surface area contributed by atoms with Gasteiger partial charge in [-0.2, -0.15) is 5.10 Å². The first-order chi connectivity index (χ1) is 12.1. The SMILES string of the molecule is C[C@H](NCC(=O)NC[C@H]1CCCc2ccccc21)[C@@H](C)n1cccn1. The standard InChI is InChI=1S/C20H28N4O/c1-15(16(2)24-12-6-11-23-24)21-14-20(25)22-13-18-9-5-8-17-7-3-4-10-19(17)18/h3-4,6-7,10-12,15-16,18,21H,5,8-9,13-14H2,1-2H3,(H,22,25)/t15-,16+,18+/m0/s1. The number of rotatable bonds is 7. The van der Waals surface area contributed by atoms with Crippen LogP contribution in [0.4, 0.5) is 0 Å². The second kappa shape index (κ2) is 8.30. The van der Waals surface area contributed by atoms with Gasteiger partial charge in [-0.1, -0.05) is 24.3 Å². The summed E-state index contributed by atoms with van der Waals surface area (Å²) in [5, 5.41) is 10.7. The van der Waals surface area contributed by atoms with Crippen molar-refractivity contribution in [2.24, 2.45) is 0 Å². The Labute approximate surface area is 149 Å². The van der Waals surface area contributed by atoms with Gasteiger partial charge >= 0.3 is 0 Å². The van der Waals surface area contributed by atoms with E-state index in [9.17, 15) is 4.79 Å². The van der Waals surface area contributed by atoms with E-state index in [4.69, 9.17) is 0 Å². The van der Waals surface area contributed by atoms with Crippen molar-refractivity contribution in [2.75, 3.05) is 13.1 Å². The lowest BCUT2D eigenvalue weighted by atomic mass is 9.83. The number of benzene rings is 1. The second-order valence-corrected chi connectivity index (χ2v) is 6.99. The fourth-order valence-corrected chi connectivity index (χ4v) is 3.54. The molecule has 1 aromatic carbocycles. The Bertz CT molecular complexity index is 683. The van der Waals surface area contributed by atoms with Gasteiger partial charge in [0.05, 0.1) is 12.6 Å². The summed E-state index contributed by atoms with van der Waals surface area (Å²) in [6, 6.07) is 10.9. The van der Waals surface area contributed by atoms with Crippen molar-refractivity contribution in [3.63, 3.8) is 0 Å². The van der Waals surface area contributed by atoms with Crippen molar-refractivity contribution in [1.82, 2.24) is 20.4 Å². The van der Waals surface area contributed by atoms with Crippen LogP contribution < -0.4 is 10.6 Å². The van der Waals surface area contributed by atoms with E-state index >= 15 is 0 Å². The number of amides is 1. The molecule has 2 N–H and O–H groups in total. The molecule has 0 radical (unpaired) electrons. The van der Waals surface area contributed by atoms with Crippen molar-refractivity contribution in [3.05, 3.63) is 53.9 Å². The van der Waals surface area contributed by atoms with Crippen LogP contribution >= 0.6 is 0 Å². The minimum absolute atomic E-state index is 0.0579. The molecule has 5 nitrogen and oxygen atoms in total. The minimum atomic E-state index is 0.0579. The third-order valence-corrected chi connectivity index (χ3v) is 5.29. The van der Waals surface area contributed by atoms with Gasteiger partial charge in [-0.15, -0.1) is 0 Å². The molecule has 0 saturated heterocycles. The quantitative estimate of drug-likeness (QED) is 0.815. The number of carbonyl (C=O) groups excluding carboxylic acids is 1. The van der Waals surface area contributed by atoms with E-state index in [1.54, 1.807) is 6.20 Å². The fraction of sp³-hybridized carbons (Fsp3) is 0.500. The molecule has 1 amide bonds. The maximum atomic E-state index is 12.2. The number of hydrogen-bond acceptors (Lipinski definition) is 3. The number of hydrogen-bond donors (Lipinski definition) is 2. The van der Waals surface area contributed by atoms with Gasteiger partial charge in [0, 0.05) is 30.9 Å². The summed E-state index contributed by atoms with van der Waals surface area (Å²) in [5.74, 6) is 0.497. The fourth-order valence-electron chi connectivity index (χ4n) is 3.54. The molecule has 3 atom stereocenters. The highest BCUT2D eigenvalue weighted by atomic mass is 16.1. The van der Waals surface area contributed by atoms with Crippen LogP contribution in [0.1, 0.15) is 49.8 Å². The minimum Gasteiger partial charge on any atom is -0.354 e. The van der Waals surface area contributed by atoms with Gasteiger partial charge in [-0.3, -0.25) is 9.48 Å². The summed E-state index contributed by atoms with van der Waals surface area (Å²) in [7, 11) is 0. The number of aryl methyl sites for hydroxylation is 1. The lowest BCUT2D eigenvalue weighted by Gasteiger charge is -2.26. The molecule has 2 aromatic rings. The highest BCUT2D eigenvalue weighted by Crippen LogP contribution is 2.30. The van der Waals surface area contributed by atoms with Gasteiger partial charge in [0.15, 0.2) is 0 Å². The van der Waals surface area contributed by atoms with E-state index < -0.39 is 0 Å². The summed E-state index contributed by atoms with van der Waals surface area (Å²) >= 11 is 0. The Hall–Kier alpha value is -2.14. The molecule has 0 saturated carbocycles. The van der Waals surface area contributed by atoms with E-state index in [0.717, 1.165) is 19.4 Å². The lowest BCUT2D eigenvalue weighted by Crippen LogP contribution is -2.42. The van der Waals surface area contributed by atoms with Crippen LogP contribution in [0.25, 0.3) is 0 Å². The zero-order valence-electron chi connectivity index (χ0n) is 15.1. The Morgan fingerprint density at radius 2 is 2.16 bits per heavy atom. The largest absolute Gasteiger partial charge is 0.354 e. The molecule has 1 aliphatic carbocycles. The number of aromatic nitrogens is 2. The number of nitrogens with one attached hydrogen (secondary N) is 2. The second-order valence-electron chi connectivity index (χ2n) is 6.99. The van der Waals surface area contributed by atoms with Gasteiger partial charge in [0.25, 0.3) is 0 Å². The van der Waals surface area contributed by atoms with Crippen LogP contribution in [0.15, 0.2) is 42.7 Å². The smallest absolute Gasteiger partial charge is 0.233 e. The molecule has 25 heavy (non-hydrogen) atoms. The lowest BCUT2D eigenvalue weighted by molar-refractivity contribution is -0.120. The molecular weight excluding hydrogens is 312 g/mol. The van der Waals surface area contributed by atoms with E-state index in [2.05, 4.69) is 53.8 Å². The molecule has 0 unspecified atom stereocenters. The molecule has 0 aliphatic heterocycles. The molecule has 0 bridgehead atoms. The summed E-state index contributed by atoms with van der Waals surface area (Å²) in [6.45, 7) is 5.24. The van der Waals surface area contributed by atoms with E-state index in [-0.39, 0.29) is 18.0 Å². The zero-order chi connectivity index (χ0) is 17.6. The molecule has 3 rings (SSSR count). The summed E-state index contributed by atoms with van der Waals surface area (Å²) in [6.07, 6.45) is 7.23. The van der Waals surface area contributed by atoms with Crippen LogP contribution in [-0.4, -0.2) is 34.8 Å². The van der Waals surface area contributed by atoms with Crippen LogP contribution in [0.2, 0.25) is 0 Å². The highest BCUT2D eigenvalue weighted by molar-refractivity contribution is 5.78. The van der Waals surface area contributed by atoms with E-state index in [0.29, 0.717) is 12.5 Å². The van der Waals surface area contributed by atoms with Crippen molar-refractivity contribution in [3.8, 4) is 0 Å². The summed E-state index contributed by atoms with van der Waals surface area (Å²) in [5.41, 5.74) is 2.84. The molecule has 0 spiro atoms. The van der Waals surface area contributed by atoms with Crippen LogP contribution in [0, 0.1) is 0 Å². The molecule has 1 aliphatic rings. The van der Waals surface area contributed by atoms with Crippen molar-refractivity contribution >= 4 is 5.91 Å². The maximum absolute atomic E-state index is 12.2. The van der Waals surface area contributed by atoms with E-state index in [1.165, 1.54) is 17.5 Å². The molecule has 1 aromatic heterocycles. The first-order valence-electron chi connectivity index (χ1n) is 9.22. The van der Waals surface area contributed by atoms with Gasteiger partial charge in [0.1, 0.15) is 0 Å². The van der Waals surface area contributed by atoms with Gasteiger partial charge in [0.2, 0.25) is 5.91 Å².